The number of hydrogen-bond donors (Lipinski definition) is 1. The Morgan fingerprint density at radius 2 is 1.83 bits per heavy atom. The van der Waals surface area contributed by atoms with Crippen LogP contribution in [0, 0.1) is 0 Å². The number of methoxy groups -OCH3 is 2. The van der Waals surface area contributed by atoms with E-state index in [1.165, 1.54) is 0 Å². The van der Waals surface area contributed by atoms with Crippen LogP contribution in [0.5, 0.6) is 11.5 Å². The van der Waals surface area contributed by atoms with Crippen molar-refractivity contribution in [3.05, 3.63) is 59.7 Å². The van der Waals surface area contributed by atoms with Crippen LogP contribution >= 0.6 is 0 Å². The van der Waals surface area contributed by atoms with Crippen LogP contribution in [-0.4, -0.2) is 25.8 Å². The van der Waals surface area contributed by atoms with E-state index in [9.17, 15) is 4.79 Å². The third kappa shape index (κ3) is 4.57. The summed E-state index contributed by atoms with van der Waals surface area (Å²) in [6.07, 6.45) is 0.289. The van der Waals surface area contributed by atoms with Gasteiger partial charge in [-0.1, -0.05) is 30.3 Å². The van der Waals surface area contributed by atoms with E-state index < -0.39 is 0 Å². The summed E-state index contributed by atoms with van der Waals surface area (Å²) in [5.74, 6) is 1.18. The minimum Gasteiger partial charge on any atom is -0.497 e. The van der Waals surface area contributed by atoms with Gasteiger partial charge in [0.2, 0.25) is 5.91 Å². The van der Waals surface area contributed by atoms with Gasteiger partial charge in [0, 0.05) is 11.6 Å². The first-order chi connectivity index (χ1) is 11.1. The number of ether oxygens (including phenoxy) is 2. The van der Waals surface area contributed by atoms with E-state index in [-0.39, 0.29) is 12.3 Å². The van der Waals surface area contributed by atoms with Crippen molar-refractivity contribution in [2.24, 2.45) is 5.10 Å². The van der Waals surface area contributed by atoms with Gasteiger partial charge in [0.25, 0.3) is 0 Å². The second-order valence-corrected chi connectivity index (χ2v) is 4.96. The molecule has 0 aromatic heterocycles. The van der Waals surface area contributed by atoms with Crippen LogP contribution in [0.4, 0.5) is 0 Å². The Morgan fingerprint density at radius 1 is 1.09 bits per heavy atom. The first-order valence-electron chi connectivity index (χ1n) is 7.23. The molecule has 0 aliphatic heterocycles. The zero-order chi connectivity index (χ0) is 16.7. The molecule has 0 atom stereocenters. The highest BCUT2D eigenvalue weighted by Gasteiger charge is 2.09. The fourth-order valence-electron chi connectivity index (χ4n) is 2.12. The number of rotatable bonds is 6. The smallest absolute Gasteiger partial charge is 0.244 e. The van der Waals surface area contributed by atoms with Gasteiger partial charge >= 0.3 is 0 Å². The number of amides is 1. The second kappa shape index (κ2) is 7.98. The third-order valence-corrected chi connectivity index (χ3v) is 3.35. The molecule has 0 aliphatic carbocycles. The van der Waals surface area contributed by atoms with Crippen molar-refractivity contribution < 1.29 is 14.3 Å². The van der Waals surface area contributed by atoms with E-state index in [0.29, 0.717) is 17.2 Å². The Balaban J connectivity index is 2.06. The summed E-state index contributed by atoms with van der Waals surface area (Å²) in [5.41, 5.74) is 4.97. The standard InChI is InChI=1S/C18H20N2O3/c1-13(16-10-9-15(22-2)12-17(16)23-3)19-20-18(21)11-14-7-5-4-6-8-14/h4-10,12H,11H2,1-3H3,(H,20,21)/b19-13-. The lowest BCUT2D eigenvalue weighted by molar-refractivity contribution is -0.120. The molecule has 1 amide bonds. The van der Waals surface area contributed by atoms with Gasteiger partial charge in [-0.05, 0) is 24.6 Å². The van der Waals surface area contributed by atoms with Crippen LogP contribution in [0.2, 0.25) is 0 Å². The Morgan fingerprint density at radius 3 is 2.48 bits per heavy atom. The summed E-state index contributed by atoms with van der Waals surface area (Å²) >= 11 is 0. The molecule has 23 heavy (non-hydrogen) atoms. The highest BCUT2D eigenvalue weighted by Crippen LogP contribution is 2.25. The zero-order valence-corrected chi connectivity index (χ0v) is 13.5. The van der Waals surface area contributed by atoms with Crippen molar-refractivity contribution >= 4 is 11.6 Å². The zero-order valence-electron chi connectivity index (χ0n) is 13.5. The largest absolute Gasteiger partial charge is 0.497 e. The summed E-state index contributed by atoms with van der Waals surface area (Å²) in [6.45, 7) is 1.81. The molecule has 2 aromatic rings. The summed E-state index contributed by atoms with van der Waals surface area (Å²) in [7, 11) is 3.18. The summed E-state index contributed by atoms with van der Waals surface area (Å²) < 4.78 is 10.5. The lowest BCUT2D eigenvalue weighted by Gasteiger charge is -2.10. The highest BCUT2D eigenvalue weighted by molar-refractivity contribution is 6.01. The molecule has 0 heterocycles. The molecule has 0 bridgehead atoms. The molecule has 120 valence electrons. The molecule has 2 aromatic carbocycles. The monoisotopic (exact) mass is 312 g/mol. The van der Waals surface area contributed by atoms with Crippen molar-refractivity contribution in [1.29, 1.82) is 0 Å². The highest BCUT2D eigenvalue weighted by atomic mass is 16.5. The molecule has 1 N–H and O–H groups in total. The maximum Gasteiger partial charge on any atom is 0.244 e. The molecule has 0 radical (unpaired) electrons. The second-order valence-electron chi connectivity index (χ2n) is 4.96. The first-order valence-corrected chi connectivity index (χ1v) is 7.23. The number of hydrogen-bond acceptors (Lipinski definition) is 4. The minimum atomic E-state index is -0.164. The van der Waals surface area contributed by atoms with Crippen molar-refractivity contribution in [1.82, 2.24) is 5.43 Å². The molecule has 0 saturated heterocycles. The maximum absolute atomic E-state index is 11.9. The minimum absolute atomic E-state index is 0.164. The van der Waals surface area contributed by atoms with E-state index in [2.05, 4.69) is 10.5 Å². The van der Waals surface area contributed by atoms with E-state index >= 15 is 0 Å². The number of hydrazone groups is 1. The van der Waals surface area contributed by atoms with Crippen LogP contribution in [0.15, 0.2) is 53.6 Å². The number of nitrogens with zero attached hydrogens (tertiary/aromatic N) is 1. The third-order valence-electron chi connectivity index (χ3n) is 3.35. The number of carbonyl (C=O) groups excluding carboxylic acids is 1. The SMILES string of the molecule is COc1ccc(/C(C)=N\NC(=O)Cc2ccccc2)c(OC)c1. The van der Waals surface area contributed by atoms with Crippen molar-refractivity contribution in [2.45, 2.75) is 13.3 Å². The van der Waals surface area contributed by atoms with Gasteiger partial charge in [-0.15, -0.1) is 0 Å². The van der Waals surface area contributed by atoms with Gasteiger partial charge in [-0.2, -0.15) is 5.10 Å². The van der Waals surface area contributed by atoms with E-state index in [1.807, 2.05) is 49.4 Å². The van der Waals surface area contributed by atoms with Crippen molar-refractivity contribution in [3.8, 4) is 11.5 Å². The first kappa shape index (κ1) is 16.5. The lowest BCUT2D eigenvalue weighted by atomic mass is 10.1. The number of nitrogens with one attached hydrogen (secondary N) is 1. The molecule has 5 heteroatoms. The van der Waals surface area contributed by atoms with Gasteiger partial charge in [0.05, 0.1) is 26.4 Å². The Labute approximate surface area is 135 Å². The fourth-order valence-corrected chi connectivity index (χ4v) is 2.12. The molecule has 5 nitrogen and oxygen atoms in total. The van der Waals surface area contributed by atoms with Gasteiger partial charge in [-0.25, -0.2) is 5.43 Å². The van der Waals surface area contributed by atoms with Crippen LogP contribution in [0.1, 0.15) is 18.1 Å². The van der Waals surface area contributed by atoms with E-state index in [1.54, 1.807) is 20.3 Å². The fraction of sp³-hybridized carbons (Fsp3) is 0.222. The predicted octanol–water partition coefficient (Wildman–Crippen LogP) is 2.79. The predicted molar refractivity (Wildman–Crippen MR) is 90.0 cm³/mol. The maximum atomic E-state index is 11.9. The summed E-state index contributed by atoms with van der Waals surface area (Å²) in [4.78, 5) is 11.9. The summed E-state index contributed by atoms with van der Waals surface area (Å²) in [5, 5.41) is 4.15. The number of benzene rings is 2. The lowest BCUT2D eigenvalue weighted by Crippen LogP contribution is -2.21. The van der Waals surface area contributed by atoms with E-state index in [0.717, 1.165) is 11.1 Å². The van der Waals surface area contributed by atoms with E-state index in [4.69, 9.17) is 9.47 Å². The number of carbonyl (C=O) groups is 1. The van der Waals surface area contributed by atoms with Gasteiger partial charge in [0.15, 0.2) is 0 Å². The molecule has 0 unspecified atom stereocenters. The Kier molecular flexibility index (Phi) is 5.74. The Bertz CT molecular complexity index is 697. The molecule has 0 spiro atoms. The van der Waals surface area contributed by atoms with Crippen molar-refractivity contribution in [3.63, 3.8) is 0 Å². The van der Waals surface area contributed by atoms with Crippen molar-refractivity contribution in [2.75, 3.05) is 14.2 Å². The van der Waals surface area contributed by atoms with Crippen LogP contribution in [0.25, 0.3) is 0 Å². The average molecular weight is 312 g/mol. The van der Waals surface area contributed by atoms with Gasteiger partial charge in [-0.3, -0.25) is 4.79 Å². The molecular formula is C18H20N2O3. The molecular weight excluding hydrogens is 292 g/mol. The Hall–Kier alpha value is -2.82. The topological polar surface area (TPSA) is 59.9 Å². The average Bonchev–Trinajstić information content (AvgIpc) is 2.60. The van der Waals surface area contributed by atoms with Crippen LogP contribution in [-0.2, 0) is 11.2 Å². The summed E-state index contributed by atoms with van der Waals surface area (Å²) in [6, 6.07) is 15.0. The van der Waals surface area contributed by atoms with Gasteiger partial charge < -0.3 is 9.47 Å². The quantitative estimate of drug-likeness (QED) is 0.659. The van der Waals surface area contributed by atoms with Crippen LogP contribution in [0.3, 0.4) is 0 Å². The normalized spacial score (nSPS) is 11.0. The molecule has 2 rings (SSSR count). The molecule has 0 aliphatic rings. The van der Waals surface area contributed by atoms with Gasteiger partial charge in [0.1, 0.15) is 11.5 Å². The molecule has 0 saturated carbocycles. The molecule has 0 fully saturated rings. The van der Waals surface area contributed by atoms with Crippen LogP contribution < -0.4 is 14.9 Å².